The Labute approximate surface area is 124 Å². The molecule has 0 spiro atoms. The lowest BCUT2D eigenvalue weighted by atomic mass is 10.1. The molecular weight excluding hydrogens is 328 g/mol. The molecule has 3 nitrogen and oxygen atoms in total. The summed E-state index contributed by atoms with van der Waals surface area (Å²) in [5.74, 6) is -0.320. The number of nitrogen functional groups attached to an aromatic ring is 1. The fourth-order valence-electron chi connectivity index (χ4n) is 1.83. The Hall–Kier alpha value is -1.56. The molecule has 0 atom stereocenters. The minimum atomic E-state index is -0.610. The van der Waals surface area contributed by atoms with E-state index in [0.29, 0.717) is 21.7 Å². The van der Waals surface area contributed by atoms with Crippen LogP contribution in [0, 0.1) is 11.6 Å². The topological polar surface area (TPSA) is 51.8 Å². The van der Waals surface area contributed by atoms with E-state index in [9.17, 15) is 8.78 Å². The molecule has 0 aliphatic rings. The van der Waals surface area contributed by atoms with Gasteiger partial charge in [0, 0.05) is 12.5 Å². The van der Waals surface area contributed by atoms with Crippen LogP contribution in [0.25, 0.3) is 0 Å². The highest BCUT2D eigenvalue weighted by atomic mass is 79.9. The van der Waals surface area contributed by atoms with Crippen molar-refractivity contribution in [3.8, 4) is 0 Å². The van der Waals surface area contributed by atoms with Crippen LogP contribution in [0.3, 0.4) is 0 Å². The number of nitrogens with two attached hydrogens (primary N) is 1. The number of aromatic nitrogens is 2. The van der Waals surface area contributed by atoms with E-state index in [1.165, 1.54) is 12.1 Å². The van der Waals surface area contributed by atoms with Gasteiger partial charge in [-0.3, -0.25) is 0 Å². The first-order valence-corrected chi connectivity index (χ1v) is 6.93. The molecule has 20 heavy (non-hydrogen) atoms. The van der Waals surface area contributed by atoms with Gasteiger partial charge in [0.1, 0.15) is 23.3 Å². The van der Waals surface area contributed by atoms with E-state index in [1.54, 1.807) is 0 Å². The Bertz CT molecular complexity index is 645. The minimum Gasteiger partial charge on any atom is -0.383 e. The number of benzene rings is 1. The van der Waals surface area contributed by atoms with E-state index in [0.717, 1.165) is 11.8 Å². The van der Waals surface area contributed by atoms with Gasteiger partial charge < -0.3 is 5.73 Å². The van der Waals surface area contributed by atoms with E-state index >= 15 is 0 Å². The van der Waals surface area contributed by atoms with Crippen LogP contribution in [0.5, 0.6) is 0 Å². The van der Waals surface area contributed by atoms with Crippen molar-refractivity contribution >= 4 is 21.7 Å². The SMILES string of the molecule is CC(C)c1nc(Cc2ccc(F)cc2F)nc(N)c1Br. The van der Waals surface area contributed by atoms with E-state index in [1.807, 2.05) is 13.8 Å². The lowest BCUT2D eigenvalue weighted by molar-refractivity contribution is 0.573. The molecule has 0 saturated heterocycles. The third-order valence-electron chi connectivity index (χ3n) is 2.86. The molecular formula is C14H14BrF2N3. The molecule has 1 heterocycles. The summed E-state index contributed by atoms with van der Waals surface area (Å²) in [5, 5.41) is 0. The third kappa shape index (κ3) is 3.12. The van der Waals surface area contributed by atoms with E-state index in [4.69, 9.17) is 5.73 Å². The van der Waals surface area contributed by atoms with Gasteiger partial charge in [0.2, 0.25) is 0 Å². The molecule has 0 saturated carbocycles. The zero-order valence-electron chi connectivity index (χ0n) is 11.1. The van der Waals surface area contributed by atoms with Crippen LogP contribution in [0.4, 0.5) is 14.6 Å². The van der Waals surface area contributed by atoms with Gasteiger partial charge in [-0.2, -0.15) is 0 Å². The van der Waals surface area contributed by atoms with Crippen molar-refractivity contribution in [2.24, 2.45) is 0 Å². The average Bonchev–Trinajstić information content (AvgIpc) is 2.36. The third-order valence-corrected chi connectivity index (χ3v) is 3.67. The number of rotatable bonds is 3. The smallest absolute Gasteiger partial charge is 0.141 e. The zero-order chi connectivity index (χ0) is 14.9. The molecule has 1 aromatic carbocycles. The van der Waals surface area contributed by atoms with Crippen molar-refractivity contribution in [3.05, 3.63) is 51.4 Å². The Morgan fingerprint density at radius 1 is 1.25 bits per heavy atom. The molecule has 1 aromatic heterocycles. The Balaban J connectivity index is 2.39. The molecule has 106 valence electrons. The van der Waals surface area contributed by atoms with Crippen LogP contribution in [0.15, 0.2) is 22.7 Å². The molecule has 2 aromatic rings. The number of anilines is 1. The van der Waals surface area contributed by atoms with Crippen LogP contribution in [-0.2, 0) is 6.42 Å². The highest BCUT2D eigenvalue weighted by molar-refractivity contribution is 9.10. The van der Waals surface area contributed by atoms with Gasteiger partial charge in [-0.1, -0.05) is 19.9 Å². The monoisotopic (exact) mass is 341 g/mol. The normalized spacial score (nSPS) is 11.1. The van der Waals surface area contributed by atoms with Crippen LogP contribution in [0.2, 0.25) is 0 Å². The second-order valence-corrected chi connectivity index (χ2v) is 5.58. The number of hydrogen-bond donors (Lipinski definition) is 1. The molecule has 0 aliphatic carbocycles. The van der Waals surface area contributed by atoms with Crippen molar-refractivity contribution in [2.45, 2.75) is 26.2 Å². The van der Waals surface area contributed by atoms with Gasteiger partial charge >= 0.3 is 0 Å². The standard InChI is InChI=1S/C14H14BrF2N3/c1-7(2)13-12(15)14(18)20-11(19-13)5-8-3-4-9(16)6-10(8)17/h3-4,6-7H,5H2,1-2H3,(H2,18,19,20). The highest BCUT2D eigenvalue weighted by Gasteiger charge is 2.14. The van der Waals surface area contributed by atoms with Crippen LogP contribution in [0.1, 0.15) is 36.8 Å². The molecule has 0 amide bonds. The zero-order valence-corrected chi connectivity index (χ0v) is 12.7. The predicted octanol–water partition coefficient (Wildman–Crippen LogP) is 3.81. The second-order valence-electron chi connectivity index (χ2n) is 4.79. The predicted molar refractivity (Wildman–Crippen MR) is 77.4 cm³/mol. The highest BCUT2D eigenvalue weighted by Crippen LogP contribution is 2.27. The van der Waals surface area contributed by atoms with Gasteiger partial charge in [0.15, 0.2) is 0 Å². The molecule has 0 radical (unpaired) electrons. The van der Waals surface area contributed by atoms with Crippen LogP contribution in [-0.4, -0.2) is 9.97 Å². The summed E-state index contributed by atoms with van der Waals surface area (Å²) in [6.45, 7) is 3.96. The Morgan fingerprint density at radius 2 is 1.95 bits per heavy atom. The summed E-state index contributed by atoms with van der Waals surface area (Å²) in [7, 11) is 0. The maximum Gasteiger partial charge on any atom is 0.141 e. The van der Waals surface area contributed by atoms with Crippen LogP contribution < -0.4 is 5.73 Å². The largest absolute Gasteiger partial charge is 0.383 e. The number of nitrogens with zero attached hydrogens (tertiary/aromatic N) is 2. The van der Waals surface area contributed by atoms with Gasteiger partial charge in [-0.25, -0.2) is 18.7 Å². The first-order valence-electron chi connectivity index (χ1n) is 6.14. The van der Waals surface area contributed by atoms with Gasteiger partial charge in [0.05, 0.1) is 10.2 Å². The van der Waals surface area contributed by atoms with Crippen molar-refractivity contribution in [3.63, 3.8) is 0 Å². The van der Waals surface area contributed by atoms with E-state index in [-0.39, 0.29) is 12.3 Å². The quantitative estimate of drug-likeness (QED) is 0.923. The first-order chi connectivity index (χ1) is 9.38. The van der Waals surface area contributed by atoms with Crippen LogP contribution >= 0.6 is 15.9 Å². The summed E-state index contributed by atoms with van der Waals surface area (Å²) in [6.07, 6.45) is 0.170. The summed E-state index contributed by atoms with van der Waals surface area (Å²) in [5.41, 5.74) is 6.93. The molecule has 6 heteroatoms. The number of hydrogen-bond acceptors (Lipinski definition) is 3. The molecule has 0 fully saturated rings. The van der Waals surface area contributed by atoms with E-state index in [2.05, 4.69) is 25.9 Å². The van der Waals surface area contributed by atoms with Crippen molar-refractivity contribution < 1.29 is 8.78 Å². The molecule has 2 rings (SSSR count). The summed E-state index contributed by atoms with van der Waals surface area (Å²) < 4.78 is 27.2. The molecule has 0 bridgehead atoms. The lowest BCUT2D eigenvalue weighted by Crippen LogP contribution is -2.08. The first kappa shape index (κ1) is 14.8. The van der Waals surface area contributed by atoms with Gasteiger partial charge in [-0.05, 0) is 33.5 Å². The van der Waals surface area contributed by atoms with Gasteiger partial charge in [0.25, 0.3) is 0 Å². The maximum absolute atomic E-state index is 13.6. The second kappa shape index (κ2) is 5.83. The molecule has 2 N–H and O–H groups in total. The molecule has 0 unspecified atom stereocenters. The summed E-state index contributed by atoms with van der Waals surface area (Å²) in [6, 6.07) is 3.45. The minimum absolute atomic E-state index is 0.159. The Morgan fingerprint density at radius 3 is 2.55 bits per heavy atom. The summed E-state index contributed by atoms with van der Waals surface area (Å²) in [4.78, 5) is 8.53. The molecule has 0 aliphatic heterocycles. The lowest BCUT2D eigenvalue weighted by Gasteiger charge is -2.11. The fraction of sp³-hybridized carbons (Fsp3) is 0.286. The average molecular weight is 342 g/mol. The fourth-order valence-corrected chi connectivity index (χ4v) is 2.46. The van der Waals surface area contributed by atoms with E-state index < -0.39 is 11.6 Å². The number of halogens is 3. The Kier molecular flexibility index (Phi) is 4.32. The van der Waals surface area contributed by atoms with Crippen molar-refractivity contribution in [1.82, 2.24) is 9.97 Å². The van der Waals surface area contributed by atoms with Gasteiger partial charge in [-0.15, -0.1) is 0 Å². The maximum atomic E-state index is 13.6. The van der Waals surface area contributed by atoms with Crippen molar-refractivity contribution in [1.29, 1.82) is 0 Å². The van der Waals surface area contributed by atoms with Crippen molar-refractivity contribution in [2.75, 3.05) is 5.73 Å². The summed E-state index contributed by atoms with van der Waals surface area (Å²) >= 11 is 3.35.